The zero-order chi connectivity index (χ0) is 10.8. The van der Waals surface area contributed by atoms with Crippen molar-refractivity contribution in [2.45, 2.75) is 76.5 Å². The maximum absolute atomic E-state index is 3.72. The minimum atomic E-state index is 0.762. The first kappa shape index (κ1) is 11.4. The van der Waals surface area contributed by atoms with Crippen molar-refractivity contribution in [2.24, 2.45) is 0 Å². The average molecular weight is 210 g/mol. The van der Waals surface area contributed by atoms with E-state index in [1.165, 1.54) is 38.5 Å². The molecule has 0 aliphatic carbocycles. The molecular formula is C13H26N2. The van der Waals surface area contributed by atoms with E-state index < -0.39 is 0 Å². The number of rotatable bonds is 4. The molecule has 88 valence electrons. The number of hydrogen-bond donors (Lipinski definition) is 1. The van der Waals surface area contributed by atoms with Gasteiger partial charge < -0.3 is 10.2 Å². The highest BCUT2D eigenvalue weighted by Gasteiger charge is 2.35. The van der Waals surface area contributed by atoms with Gasteiger partial charge in [-0.25, -0.2) is 0 Å². The van der Waals surface area contributed by atoms with Crippen LogP contribution in [0.5, 0.6) is 0 Å². The van der Waals surface area contributed by atoms with Gasteiger partial charge in [0.2, 0.25) is 0 Å². The molecule has 2 nitrogen and oxygen atoms in total. The molecule has 0 spiro atoms. The predicted molar refractivity (Wildman–Crippen MR) is 65.1 cm³/mol. The molecule has 15 heavy (non-hydrogen) atoms. The van der Waals surface area contributed by atoms with Gasteiger partial charge in [-0.15, -0.1) is 0 Å². The third kappa shape index (κ3) is 2.54. The van der Waals surface area contributed by atoms with Gasteiger partial charge in [0.25, 0.3) is 0 Å². The zero-order valence-corrected chi connectivity index (χ0v) is 10.5. The summed E-state index contributed by atoms with van der Waals surface area (Å²) in [4.78, 5) is 2.63. The van der Waals surface area contributed by atoms with Gasteiger partial charge in [-0.2, -0.15) is 0 Å². The Morgan fingerprint density at radius 3 is 2.40 bits per heavy atom. The van der Waals surface area contributed by atoms with Gasteiger partial charge in [-0.05, 0) is 46.1 Å². The van der Waals surface area contributed by atoms with E-state index in [-0.39, 0.29) is 0 Å². The molecule has 0 aromatic carbocycles. The summed E-state index contributed by atoms with van der Waals surface area (Å²) in [5.41, 5.74) is 0. The molecular weight excluding hydrogens is 184 g/mol. The van der Waals surface area contributed by atoms with Crippen molar-refractivity contribution in [3.8, 4) is 0 Å². The number of nitrogens with zero attached hydrogens (tertiary/aromatic N) is 1. The maximum atomic E-state index is 3.72. The Balaban J connectivity index is 1.87. The molecule has 0 amide bonds. The summed E-state index contributed by atoms with van der Waals surface area (Å²) < 4.78 is 0. The first-order valence-electron chi connectivity index (χ1n) is 6.68. The third-order valence-corrected chi connectivity index (χ3v) is 4.43. The summed E-state index contributed by atoms with van der Waals surface area (Å²) in [5, 5.41) is 3.72. The van der Waals surface area contributed by atoms with Crippen LogP contribution in [0.1, 0.15) is 52.4 Å². The summed E-state index contributed by atoms with van der Waals surface area (Å²) in [6.45, 7) is 4.67. The lowest BCUT2D eigenvalue weighted by molar-refractivity contribution is 0.127. The minimum Gasteiger partial charge on any atom is -0.311 e. The van der Waals surface area contributed by atoms with Crippen LogP contribution in [-0.2, 0) is 0 Å². The van der Waals surface area contributed by atoms with E-state index in [4.69, 9.17) is 0 Å². The van der Waals surface area contributed by atoms with E-state index in [0.717, 1.165) is 24.2 Å². The van der Waals surface area contributed by atoms with Crippen molar-refractivity contribution in [3.05, 3.63) is 0 Å². The molecule has 2 rings (SSSR count). The third-order valence-electron chi connectivity index (χ3n) is 4.43. The van der Waals surface area contributed by atoms with Crippen LogP contribution in [-0.4, -0.2) is 36.1 Å². The van der Waals surface area contributed by atoms with Gasteiger partial charge in [0.05, 0.1) is 0 Å². The molecule has 3 atom stereocenters. The topological polar surface area (TPSA) is 15.3 Å². The van der Waals surface area contributed by atoms with Crippen LogP contribution in [0.2, 0.25) is 0 Å². The lowest BCUT2D eigenvalue weighted by Crippen LogP contribution is -2.49. The number of fused-ring (bicyclic) bond motifs is 2. The molecule has 2 aliphatic rings. The molecule has 2 aliphatic heterocycles. The second-order valence-electron chi connectivity index (χ2n) is 5.57. The van der Waals surface area contributed by atoms with E-state index in [2.05, 4.69) is 31.1 Å². The molecule has 2 heterocycles. The van der Waals surface area contributed by atoms with Crippen LogP contribution in [0.25, 0.3) is 0 Å². The van der Waals surface area contributed by atoms with Gasteiger partial charge in [-0.3, -0.25) is 0 Å². The number of piperidine rings is 1. The van der Waals surface area contributed by atoms with E-state index >= 15 is 0 Å². The Morgan fingerprint density at radius 1 is 1.27 bits per heavy atom. The molecule has 0 aromatic heterocycles. The van der Waals surface area contributed by atoms with Crippen LogP contribution in [0.15, 0.2) is 0 Å². The number of hydrogen-bond acceptors (Lipinski definition) is 2. The van der Waals surface area contributed by atoms with Crippen LogP contribution < -0.4 is 5.32 Å². The molecule has 0 radical (unpaired) electrons. The van der Waals surface area contributed by atoms with Gasteiger partial charge >= 0.3 is 0 Å². The second-order valence-corrected chi connectivity index (χ2v) is 5.57. The lowest BCUT2D eigenvalue weighted by Gasteiger charge is -2.38. The molecule has 2 fully saturated rings. The van der Waals surface area contributed by atoms with Crippen molar-refractivity contribution in [1.29, 1.82) is 0 Å². The largest absolute Gasteiger partial charge is 0.311 e. The van der Waals surface area contributed by atoms with Crippen LogP contribution in [0, 0.1) is 0 Å². The molecule has 3 unspecified atom stereocenters. The summed E-state index contributed by atoms with van der Waals surface area (Å²) in [5.74, 6) is 0. The molecule has 1 N–H and O–H groups in total. The smallest absolute Gasteiger partial charge is 0.0125 e. The first-order chi connectivity index (χ1) is 7.20. The van der Waals surface area contributed by atoms with Crippen molar-refractivity contribution < 1.29 is 0 Å². The lowest BCUT2D eigenvalue weighted by atomic mass is 9.97. The fourth-order valence-electron chi connectivity index (χ4n) is 3.34. The first-order valence-corrected chi connectivity index (χ1v) is 6.68. The summed E-state index contributed by atoms with van der Waals surface area (Å²) >= 11 is 0. The summed E-state index contributed by atoms with van der Waals surface area (Å²) in [7, 11) is 2.33. The van der Waals surface area contributed by atoms with Crippen molar-refractivity contribution in [1.82, 2.24) is 10.2 Å². The van der Waals surface area contributed by atoms with E-state index in [1.54, 1.807) is 0 Å². The fourth-order valence-corrected chi connectivity index (χ4v) is 3.34. The quantitative estimate of drug-likeness (QED) is 0.766. The Kier molecular flexibility index (Phi) is 3.68. The standard InChI is InChI=1S/C13H26N2/c1-4-5-10(2)15(3)13-8-11-6-7-12(9-13)14-11/h10-14H,4-9H2,1-3H3. The van der Waals surface area contributed by atoms with Gasteiger partial charge in [0.1, 0.15) is 0 Å². The van der Waals surface area contributed by atoms with E-state index in [9.17, 15) is 0 Å². The van der Waals surface area contributed by atoms with Gasteiger partial charge in [-0.1, -0.05) is 13.3 Å². The molecule has 2 heteroatoms. The highest BCUT2D eigenvalue weighted by molar-refractivity contribution is 4.95. The normalized spacial score (nSPS) is 37.2. The second kappa shape index (κ2) is 4.84. The van der Waals surface area contributed by atoms with Gasteiger partial charge in [0, 0.05) is 24.2 Å². The van der Waals surface area contributed by atoms with Crippen LogP contribution in [0.4, 0.5) is 0 Å². The van der Waals surface area contributed by atoms with Crippen molar-refractivity contribution >= 4 is 0 Å². The molecule has 2 saturated heterocycles. The van der Waals surface area contributed by atoms with E-state index in [0.29, 0.717) is 0 Å². The number of nitrogens with one attached hydrogen (secondary N) is 1. The van der Waals surface area contributed by atoms with Crippen LogP contribution in [0.3, 0.4) is 0 Å². The summed E-state index contributed by atoms with van der Waals surface area (Å²) in [6.07, 6.45) is 8.23. The van der Waals surface area contributed by atoms with Crippen LogP contribution >= 0.6 is 0 Å². The Labute approximate surface area is 94.4 Å². The summed E-state index contributed by atoms with van der Waals surface area (Å²) in [6, 6.07) is 3.25. The molecule has 0 saturated carbocycles. The predicted octanol–water partition coefficient (Wildman–Crippen LogP) is 2.39. The Bertz CT molecular complexity index is 193. The zero-order valence-electron chi connectivity index (χ0n) is 10.5. The van der Waals surface area contributed by atoms with Crippen molar-refractivity contribution in [3.63, 3.8) is 0 Å². The minimum absolute atomic E-state index is 0.762. The van der Waals surface area contributed by atoms with Gasteiger partial charge in [0.15, 0.2) is 0 Å². The highest BCUT2D eigenvalue weighted by Crippen LogP contribution is 2.30. The SMILES string of the molecule is CCCC(C)N(C)C1CC2CCC(C1)N2. The Morgan fingerprint density at radius 2 is 1.87 bits per heavy atom. The molecule has 0 aromatic rings. The fraction of sp³-hybridized carbons (Fsp3) is 1.00. The molecule has 2 bridgehead atoms. The average Bonchev–Trinajstić information content (AvgIpc) is 2.57. The Hall–Kier alpha value is -0.0800. The van der Waals surface area contributed by atoms with Crippen molar-refractivity contribution in [2.75, 3.05) is 7.05 Å². The monoisotopic (exact) mass is 210 g/mol. The van der Waals surface area contributed by atoms with E-state index in [1.807, 2.05) is 0 Å². The highest BCUT2D eigenvalue weighted by atomic mass is 15.2. The maximum Gasteiger partial charge on any atom is 0.0125 e.